The van der Waals surface area contributed by atoms with E-state index in [0.29, 0.717) is 11.5 Å². The molecule has 7 heteroatoms. The number of thiophene rings is 1. The molecule has 142 valence electrons. The highest BCUT2D eigenvalue weighted by Gasteiger charge is 2.34. The molecule has 0 radical (unpaired) electrons. The second kappa shape index (κ2) is 8.04. The molecule has 27 heavy (non-hydrogen) atoms. The van der Waals surface area contributed by atoms with Gasteiger partial charge >= 0.3 is 0 Å². The molecule has 3 aliphatic heterocycles. The summed E-state index contributed by atoms with van der Waals surface area (Å²) < 4.78 is 1.10. The molecule has 2 bridgehead atoms. The van der Waals surface area contributed by atoms with Crippen LogP contribution in [-0.2, 0) is 4.79 Å². The van der Waals surface area contributed by atoms with Crippen molar-refractivity contribution in [1.82, 2.24) is 10.2 Å². The molecule has 1 unspecified atom stereocenters. The second-order valence-electron chi connectivity index (χ2n) is 7.18. The molecule has 1 aromatic carbocycles. The van der Waals surface area contributed by atoms with Crippen LogP contribution in [0.5, 0.6) is 0 Å². The van der Waals surface area contributed by atoms with Crippen molar-refractivity contribution in [2.24, 2.45) is 5.92 Å². The first-order chi connectivity index (χ1) is 13.1. The number of nitrogens with one attached hydrogen (secondary N) is 2. The summed E-state index contributed by atoms with van der Waals surface area (Å²) in [6.45, 7) is 4.84. The summed E-state index contributed by atoms with van der Waals surface area (Å²) in [6, 6.07) is 9.99. The zero-order valence-corrected chi connectivity index (χ0v) is 16.9. The lowest BCUT2D eigenvalue weighted by atomic mass is 9.84. The highest BCUT2D eigenvalue weighted by Crippen LogP contribution is 2.34. The van der Waals surface area contributed by atoms with E-state index in [2.05, 4.69) is 15.5 Å². The van der Waals surface area contributed by atoms with Crippen molar-refractivity contribution < 1.29 is 9.59 Å². The number of rotatable bonds is 5. The van der Waals surface area contributed by atoms with E-state index in [-0.39, 0.29) is 17.9 Å². The summed E-state index contributed by atoms with van der Waals surface area (Å²) >= 11 is 3.22. The van der Waals surface area contributed by atoms with Gasteiger partial charge in [-0.15, -0.1) is 11.3 Å². The van der Waals surface area contributed by atoms with Gasteiger partial charge in [-0.1, -0.05) is 11.8 Å². The highest BCUT2D eigenvalue weighted by atomic mass is 32.2. The van der Waals surface area contributed by atoms with Crippen LogP contribution in [0.3, 0.4) is 0 Å². The molecule has 3 fully saturated rings. The first-order valence-electron chi connectivity index (χ1n) is 9.24. The maximum atomic E-state index is 12.6. The minimum absolute atomic E-state index is 0.0226. The maximum Gasteiger partial charge on any atom is 0.251 e. The van der Waals surface area contributed by atoms with Crippen LogP contribution in [0.2, 0.25) is 0 Å². The fraction of sp³-hybridized carbons (Fsp3) is 0.400. The van der Waals surface area contributed by atoms with Crippen LogP contribution in [0.15, 0.2) is 44.8 Å². The van der Waals surface area contributed by atoms with Gasteiger partial charge in [0.25, 0.3) is 5.91 Å². The lowest BCUT2D eigenvalue weighted by Crippen LogP contribution is -2.57. The average Bonchev–Trinajstić information content (AvgIpc) is 3.09. The SMILES string of the molecule is CC(=O)Nc1csc(Sc2ccc(C(=O)NC3CN4CCC3CC4)cc2)c1. The van der Waals surface area contributed by atoms with Crippen molar-refractivity contribution in [1.29, 1.82) is 0 Å². The standard InChI is InChI=1S/C20H23N3O2S2/c1-13(24)21-16-10-19(26-12-16)27-17-4-2-15(3-5-17)20(25)22-18-11-23-8-6-14(18)7-9-23/h2-5,10,12,14,18H,6-9,11H2,1H3,(H,21,24)(H,22,25). The van der Waals surface area contributed by atoms with Gasteiger partial charge in [0.05, 0.1) is 9.90 Å². The number of piperidine rings is 3. The molecule has 4 heterocycles. The third-order valence-electron chi connectivity index (χ3n) is 5.20. The zero-order valence-electron chi connectivity index (χ0n) is 15.2. The molecule has 0 saturated carbocycles. The van der Waals surface area contributed by atoms with E-state index in [4.69, 9.17) is 0 Å². The number of hydrogen-bond donors (Lipinski definition) is 2. The van der Waals surface area contributed by atoms with E-state index < -0.39 is 0 Å². The van der Waals surface area contributed by atoms with Gasteiger partial charge in [0, 0.05) is 35.3 Å². The van der Waals surface area contributed by atoms with Crippen molar-refractivity contribution in [3.05, 3.63) is 41.3 Å². The minimum atomic E-state index is -0.0669. The van der Waals surface area contributed by atoms with Crippen molar-refractivity contribution in [3.63, 3.8) is 0 Å². The number of nitrogens with zero attached hydrogens (tertiary/aromatic N) is 1. The van der Waals surface area contributed by atoms with Gasteiger partial charge in [0.2, 0.25) is 5.91 Å². The predicted molar refractivity (Wildman–Crippen MR) is 110 cm³/mol. The van der Waals surface area contributed by atoms with Crippen LogP contribution in [0, 0.1) is 5.92 Å². The number of carbonyl (C=O) groups is 2. The van der Waals surface area contributed by atoms with Crippen LogP contribution in [0.25, 0.3) is 0 Å². The van der Waals surface area contributed by atoms with Gasteiger partial charge in [-0.3, -0.25) is 9.59 Å². The predicted octanol–water partition coefficient (Wildman–Crippen LogP) is 3.68. The van der Waals surface area contributed by atoms with Gasteiger partial charge < -0.3 is 15.5 Å². The molecule has 5 nitrogen and oxygen atoms in total. The second-order valence-corrected chi connectivity index (χ2v) is 9.47. The summed E-state index contributed by atoms with van der Waals surface area (Å²) in [6.07, 6.45) is 2.39. The summed E-state index contributed by atoms with van der Waals surface area (Å²) in [5.41, 5.74) is 1.53. The van der Waals surface area contributed by atoms with Crippen molar-refractivity contribution in [2.45, 2.75) is 34.9 Å². The van der Waals surface area contributed by atoms with Crippen LogP contribution in [-0.4, -0.2) is 42.4 Å². The van der Waals surface area contributed by atoms with E-state index in [1.54, 1.807) is 23.1 Å². The lowest BCUT2D eigenvalue weighted by molar-refractivity contribution is -0.114. The molecular weight excluding hydrogens is 378 g/mol. The van der Waals surface area contributed by atoms with Crippen molar-refractivity contribution in [2.75, 3.05) is 25.0 Å². The minimum Gasteiger partial charge on any atom is -0.348 e. The fourth-order valence-corrected chi connectivity index (χ4v) is 5.69. The molecule has 5 rings (SSSR count). The Bertz CT molecular complexity index is 826. The summed E-state index contributed by atoms with van der Waals surface area (Å²) in [7, 11) is 0. The molecular formula is C20H23N3O2S2. The van der Waals surface area contributed by atoms with E-state index in [1.807, 2.05) is 35.7 Å². The van der Waals surface area contributed by atoms with E-state index in [9.17, 15) is 9.59 Å². The normalized spacial score (nSPS) is 23.8. The van der Waals surface area contributed by atoms with Crippen LogP contribution >= 0.6 is 23.1 Å². The monoisotopic (exact) mass is 401 g/mol. The molecule has 3 aliphatic rings. The lowest BCUT2D eigenvalue weighted by Gasteiger charge is -2.44. The van der Waals surface area contributed by atoms with Crippen molar-refractivity contribution in [3.8, 4) is 0 Å². The smallest absolute Gasteiger partial charge is 0.251 e. The largest absolute Gasteiger partial charge is 0.348 e. The molecule has 3 saturated heterocycles. The van der Waals surface area contributed by atoms with Gasteiger partial charge in [-0.05, 0) is 62.2 Å². The van der Waals surface area contributed by atoms with E-state index >= 15 is 0 Å². The third-order valence-corrected chi connectivity index (χ3v) is 7.29. The van der Waals surface area contributed by atoms with Crippen LogP contribution < -0.4 is 10.6 Å². The molecule has 0 aliphatic carbocycles. The number of carbonyl (C=O) groups excluding carboxylic acids is 2. The number of fused-ring (bicyclic) bond motifs is 3. The summed E-state index contributed by atoms with van der Waals surface area (Å²) in [4.78, 5) is 27.2. The number of amides is 2. The highest BCUT2D eigenvalue weighted by molar-refractivity contribution is 8.01. The number of hydrogen-bond acceptors (Lipinski definition) is 5. The Hall–Kier alpha value is -1.83. The number of benzene rings is 1. The third kappa shape index (κ3) is 4.54. The fourth-order valence-electron chi connectivity index (χ4n) is 3.81. The Balaban J connectivity index is 1.35. The molecule has 2 aromatic rings. The van der Waals surface area contributed by atoms with Gasteiger partial charge in [-0.25, -0.2) is 0 Å². The van der Waals surface area contributed by atoms with Crippen LogP contribution in [0.1, 0.15) is 30.1 Å². The Morgan fingerprint density at radius 3 is 2.56 bits per heavy atom. The molecule has 2 amide bonds. The van der Waals surface area contributed by atoms with Gasteiger partial charge in [-0.2, -0.15) is 0 Å². The zero-order chi connectivity index (χ0) is 18.8. The molecule has 2 N–H and O–H groups in total. The molecule has 1 atom stereocenters. The molecule has 1 aromatic heterocycles. The Morgan fingerprint density at radius 2 is 1.93 bits per heavy atom. The first kappa shape index (κ1) is 18.5. The topological polar surface area (TPSA) is 61.4 Å². The van der Waals surface area contributed by atoms with Gasteiger partial charge in [0.15, 0.2) is 0 Å². The first-order valence-corrected chi connectivity index (χ1v) is 10.9. The van der Waals surface area contributed by atoms with E-state index in [0.717, 1.165) is 21.3 Å². The summed E-state index contributed by atoms with van der Waals surface area (Å²) in [5, 5.41) is 7.95. The Kier molecular flexibility index (Phi) is 5.52. The average molecular weight is 402 g/mol. The van der Waals surface area contributed by atoms with E-state index in [1.165, 1.54) is 32.9 Å². The number of anilines is 1. The maximum absolute atomic E-state index is 12.6. The van der Waals surface area contributed by atoms with Crippen LogP contribution in [0.4, 0.5) is 5.69 Å². The molecule has 0 spiro atoms. The van der Waals surface area contributed by atoms with Crippen molar-refractivity contribution >= 4 is 40.6 Å². The Morgan fingerprint density at radius 1 is 1.19 bits per heavy atom. The van der Waals surface area contributed by atoms with Gasteiger partial charge in [0.1, 0.15) is 0 Å². The summed E-state index contributed by atoms with van der Waals surface area (Å²) in [5.74, 6) is 0.586. The Labute approximate surface area is 167 Å². The quantitative estimate of drug-likeness (QED) is 0.802.